The molecule has 1 heterocycles. The molecule has 1 aromatic rings. The van der Waals surface area contributed by atoms with Crippen LogP contribution in [-0.2, 0) is 42.9 Å². The Bertz CT molecular complexity index is 1010. The molecule has 1 saturated heterocycles. The van der Waals surface area contributed by atoms with Gasteiger partial charge in [0, 0.05) is 32.4 Å². The molecule has 190 valence electrons. The predicted octanol–water partition coefficient (Wildman–Crippen LogP) is 0.869. The summed E-state index contributed by atoms with van der Waals surface area (Å²) in [7, 11) is 1.10. The number of methoxy groups -OCH3 is 1. The fourth-order valence-electron chi connectivity index (χ4n) is 3.34. The summed E-state index contributed by atoms with van der Waals surface area (Å²) in [5.74, 6) is -3.73. The molecule has 0 aromatic heterocycles. The van der Waals surface area contributed by atoms with E-state index in [1.54, 1.807) is 0 Å². The molecule has 0 aliphatic carbocycles. The van der Waals surface area contributed by atoms with Crippen LogP contribution in [0.4, 0.5) is 5.69 Å². The zero-order chi connectivity index (χ0) is 26.3. The molecule has 1 aliphatic rings. The van der Waals surface area contributed by atoms with Crippen LogP contribution in [0.2, 0.25) is 0 Å². The Morgan fingerprint density at radius 1 is 1.00 bits per heavy atom. The molecular weight excluding hydrogens is 474 g/mol. The van der Waals surface area contributed by atoms with Crippen molar-refractivity contribution in [1.82, 2.24) is 0 Å². The summed E-state index contributed by atoms with van der Waals surface area (Å²) >= 11 is 0. The first-order valence-corrected chi connectivity index (χ1v) is 10.1. The number of aldehydes is 1. The van der Waals surface area contributed by atoms with Gasteiger partial charge in [-0.25, -0.2) is 0 Å². The number of esters is 4. The maximum atomic E-state index is 12.0. The highest BCUT2D eigenvalue weighted by Crippen LogP contribution is 2.35. The van der Waals surface area contributed by atoms with Crippen molar-refractivity contribution < 1.29 is 57.3 Å². The Labute approximate surface area is 198 Å². The van der Waals surface area contributed by atoms with E-state index in [1.807, 2.05) is 0 Å². The average Bonchev–Trinajstić information content (AvgIpc) is 2.77. The molecule has 0 spiro atoms. The van der Waals surface area contributed by atoms with Crippen molar-refractivity contribution >= 4 is 35.9 Å². The number of nitro groups is 1. The molecule has 35 heavy (non-hydrogen) atoms. The van der Waals surface area contributed by atoms with E-state index in [9.17, 15) is 34.1 Å². The van der Waals surface area contributed by atoms with Crippen molar-refractivity contribution in [2.45, 2.75) is 57.9 Å². The van der Waals surface area contributed by atoms with Crippen molar-refractivity contribution in [3.8, 4) is 5.75 Å². The summed E-state index contributed by atoms with van der Waals surface area (Å²) in [4.78, 5) is 69.1. The van der Waals surface area contributed by atoms with Gasteiger partial charge in [-0.2, -0.15) is 0 Å². The summed E-state index contributed by atoms with van der Waals surface area (Å²) in [6, 6.07) is 3.30. The fourth-order valence-corrected chi connectivity index (χ4v) is 3.34. The first-order valence-electron chi connectivity index (χ1n) is 10.1. The van der Waals surface area contributed by atoms with Crippen LogP contribution in [0.15, 0.2) is 18.2 Å². The monoisotopic (exact) mass is 497 g/mol. The van der Waals surface area contributed by atoms with E-state index in [0.29, 0.717) is 6.29 Å². The molecule has 14 heteroatoms. The summed E-state index contributed by atoms with van der Waals surface area (Å²) in [6.45, 7) is 3.13. The number of carbonyl (C=O) groups excluding carboxylic acids is 5. The second-order valence-electron chi connectivity index (χ2n) is 7.27. The highest BCUT2D eigenvalue weighted by molar-refractivity contribution is 5.77. The van der Waals surface area contributed by atoms with Crippen LogP contribution in [0, 0.1) is 10.1 Å². The minimum Gasteiger partial charge on any atom is -0.469 e. The molecule has 0 amide bonds. The van der Waals surface area contributed by atoms with Crippen molar-refractivity contribution in [3.63, 3.8) is 0 Å². The van der Waals surface area contributed by atoms with E-state index in [0.717, 1.165) is 40.0 Å². The number of nitro benzene ring substituents is 1. The van der Waals surface area contributed by atoms with E-state index >= 15 is 0 Å². The van der Waals surface area contributed by atoms with Gasteiger partial charge in [-0.3, -0.25) is 34.1 Å². The standard InChI is InChI=1S/C21H23NO13/c1-10(24)31-18-16(8-17(27)30-4)35-21(20(33-12(3)26)19(18)32-11(2)25)34-15-6-5-13(9-23)7-14(15)22(28)29/h5-7,9,16,18-21H,8H2,1-4H3/t16-,18-,19+,20-,21-/m1/s1. The molecular formula is C21H23NO13. The Morgan fingerprint density at radius 3 is 2.09 bits per heavy atom. The highest BCUT2D eigenvalue weighted by Gasteiger charge is 2.53. The van der Waals surface area contributed by atoms with Gasteiger partial charge in [-0.1, -0.05) is 0 Å². The summed E-state index contributed by atoms with van der Waals surface area (Å²) < 4.78 is 31.7. The largest absolute Gasteiger partial charge is 0.469 e. The maximum Gasteiger partial charge on any atom is 0.311 e. The van der Waals surface area contributed by atoms with Crippen LogP contribution < -0.4 is 4.74 Å². The summed E-state index contributed by atoms with van der Waals surface area (Å²) in [6.07, 6.45) is -7.67. The maximum absolute atomic E-state index is 12.0. The number of hydrogen-bond donors (Lipinski definition) is 0. The van der Waals surface area contributed by atoms with E-state index < -0.39 is 71.6 Å². The molecule has 0 unspecified atom stereocenters. The second-order valence-corrected chi connectivity index (χ2v) is 7.27. The zero-order valence-corrected chi connectivity index (χ0v) is 19.2. The van der Waals surface area contributed by atoms with Gasteiger partial charge in [-0.05, 0) is 12.1 Å². The molecule has 1 aromatic carbocycles. The average molecular weight is 497 g/mol. The van der Waals surface area contributed by atoms with Gasteiger partial charge in [0.1, 0.15) is 12.4 Å². The third kappa shape index (κ3) is 7.20. The van der Waals surface area contributed by atoms with Gasteiger partial charge >= 0.3 is 29.6 Å². The van der Waals surface area contributed by atoms with Gasteiger partial charge in [0.25, 0.3) is 0 Å². The number of hydrogen-bond acceptors (Lipinski definition) is 13. The lowest BCUT2D eigenvalue weighted by molar-refractivity contribution is -0.387. The lowest BCUT2D eigenvalue weighted by Gasteiger charge is -2.43. The van der Waals surface area contributed by atoms with E-state index in [1.165, 1.54) is 6.07 Å². The molecule has 5 atom stereocenters. The second kappa shape index (κ2) is 11.9. The zero-order valence-electron chi connectivity index (χ0n) is 19.2. The van der Waals surface area contributed by atoms with Gasteiger partial charge < -0.3 is 28.4 Å². The summed E-state index contributed by atoms with van der Waals surface area (Å²) in [5.41, 5.74) is -0.628. The van der Waals surface area contributed by atoms with Crippen molar-refractivity contribution in [2.24, 2.45) is 0 Å². The SMILES string of the molecule is COC(=O)C[C@H]1O[C@@H](Oc2ccc(C=O)cc2[N+](=O)[O-])[C@H](OC(C)=O)[C@@H](OC(C)=O)[C@@H]1OC(C)=O. The van der Waals surface area contributed by atoms with Crippen LogP contribution in [-0.4, -0.2) is 72.9 Å². The van der Waals surface area contributed by atoms with Gasteiger partial charge in [-0.15, -0.1) is 0 Å². The molecule has 0 saturated carbocycles. The lowest BCUT2D eigenvalue weighted by atomic mass is 9.95. The smallest absolute Gasteiger partial charge is 0.311 e. The summed E-state index contributed by atoms with van der Waals surface area (Å²) in [5, 5.41) is 11.5. The topological polar surface area (TPSA) is 184 Å². The molecule has 0 radical (unpaired) electrons. The molecule has 2 rings (SSSR count). The van der Waals surface area contributed by atoms with E-state index in [-0.39, 0.29) is 11.3 Å². The van der Waals surface area contributed by atoms with Crippen LogP contribution in [0.5, 0.6) is 5.75 Å². The van der Waals surface area contributed by atoms with Crippen LogP contribution >= 0.6 is 0 Å². The van der Waals surface area contributed by atoms with Gasteiger partial charge in [0.2, 0.25) is 12.4 Å². The predicted molar refractivity (Wildman–Crippen MR) is 111 cm³/mol. The third-order valence-electron chi connectivity index (χ3n) is 4.65. The minimum absolute atomic E-state index is 0.0126. The molecule has 1 fully saturated rings. The Balaban J connectivity index is 2.58. The first-order chi connectivity index (χ1) is 16.5. The van der Waals surface area contributed by atoms with E-state index in [4.69, 9.17) is 23.7 Å². The number of carbonyl (C=O) groups is 5. The molecule has 0 N–H and O–H groups in total. The van der Waals surface area contributed by atoms with Crippen LogP contribution in [0.25, 0.3) is 0 Å². The number of nitrogens with zero attached hydrogens (tertiary/aromatic N) is 1. The Morgan fingerprint density at radius 2 is 1.57 bits per heavy atom. The van der Waals surface area contributed by atoms with Gasteiger partial charge in [0.15, 0.2) is 18.0 Å². The van der Waals surface area contributed by atoms with Crippen LogP contribution in [0.3, 0.4) is 0 Å². The minimum atomic E-state index is -1.68. The lowest BCUT2D eigenvalue weighted by Crippen LogP contribution is -2.63. The number of rotatable bonds is 9. The fraction of sp³-hybridized carbons (Fsp3) is 0.476. The first kappa shape index (κ1) is 27.2. The normalized spacial score (nSPS) is 23.4. The third-order valence-corrected chi connectivity index (χ3v) is 4.65. The molecule has 14 nitrogen and oxygen atoms in total. The quantitative estimate of drug-likeness (QED) is 0.154. The van der Waals surface area contributed by atoms with Crippen molar-refractivity contribution in [1.29, 1.82) is 0 Å². The van der Waals surface area contributed by atoms with Crippen molar-refractivity contribution in [2.75, 3.05) is 7.11 Å². The molecule has 1 aliphatic heterocycles. The number of ether oxygens (including phenoxy) is 6. The van der Waals surface area contributed by atoms with Crippen LogP contribution in [0.1, 0.15) is 37.6 Å². The Kier molecular flexibility index (Phi) is 9.22. The van der Waals surface area contributed by atoms with Crippen molar-refractivity contribution in [3.05, 3.63) is 33.9 Å². The van der Waals surface area contributed by atoms with Gasteiger partial charge in [0.05, 0.1) is 18.5 Å². The molecule has 0 bridgehead atoms. The number of benzene rings is 1. The van der Waals surface area contributed by atoms with E-state index in [2.05, 4.69) is 4.74 Å². The Hall–Kier alpha value is -4.07. The highest BCUT2D eigenvalue weighted by atomic mass is 16.7.